The van der Waals surface area contributed by atoms with Gasteiger partial charge in [-0.3, -0.25) is 0 Å². The van der Waals surface area contributed by atoms with Crippen molar-refractivity contribution in [3.05, 3.63) is 112 Å². The molecular weight excluding hydrogens is 724 g/mol. The fraction of sp³-hybridized carbons (Fsp3) is 0.385. The van der Waals surface area contributed by atoms with Crippen molar-refractivity contribution >= 4 is 43.2 Å². The zero-order chi connectivity index (χ0) is 34.4. The van der Waals surface area contributed by atoms with Crippen LogP contribution in [-0.2, 0) is 36.1 Å². The van der Waals surface area contributed by atoms with E-state index in [4.69, 9.17) is 25.8 Å². The van der Waals surface area contributed by atoms with Crippen molar-refractivity contribution in [1.82, 2.24) is 4.31 Å². The van der Waals surface area contributed by atoms with Crippen LogP contribution in [0.25, 0.3) is 0 Å². The molecule has 49 heavy (non-hydrogen) atoms. The molecule has 10 heteroatoms. The minimum Gasteiger partial charge on any atom is -0.497 e. The summed E-state index contributed by atoms with van der Waals surface area (Å²) in [5.74, 6) is 3.23. The zero-order valence-electron chi connectivity index (χ0n) is 28.1. The first-order valence-corrected chi connectivity index (χ1v) is 19.8. The van der Waals surface area contributed by atoms with Crippen LogP contribution >= 0.6 is 27.5 Å². The van der Waals surface area contributed by atoms with Gasteiger partial charge in [0.1, 0.15) is 17.2 Å². The molecule has 7 nitrogen and oxygen atoms in total. The van der Waals surface area contributed by atoms with E-state index >= 15 is 0 Å². The number of nitrogens with zero attached hydrogens (tertiary/aromatic N) is 2. The predicted molar refractivity (Wildman–Crippen MR) is 200 cm³/mol. The van der Waals surface area contributed by atoms with E-state index in [0.29, 0.717) is 30.7 Å². The van der Waals surface area contributed by atoms with Crippen molar-refractivity contribution in [2.45, 2.75) is 56.6 Å². The number of benzene rings is 4. The molecule has 1 saturated carbocycles. The van der Waals surface area contributed by atoms with Gasteiger partial charge in [0.2, 0.25) is 10.0 Å². The molecule has 2 atom stereocenters. The molecule has 1 aliphatic carbocycles. The first-order valence-electron chi connectivity index (χ1n) is 16.9. The van der Waals surface area contributed by atoms with Crippen LogP contribution in [0.3, 0.4) is 0 Å². The molecule has 1 heterocycles. The van der Waals surface area contributed by atoms with Crippen LogP contribution in [0.4, 0.5) is 5.69 Å². The Bertz CT molecular complexity index is 1770. The number of alkyl halides is 1. The van der Waals surface area contributed by atoms with Crippen LogP contribution in [0.15, 0.2) is 89.8 Å². The second-order valence-corrected chi connectivity index (χ2v) is 16.0. The van der Waals surface area contributed by atoms with Gasteiger partial charge in [-0.25, -0.2) is 8.42 Å². The molecular formula is C39H44BrClN2O5S. The minimum atomic E-state index is -3.97. The summed E-state index contributed by atoms with van der Waals surface area (Å²) in [5, 5.41) is 1.69. The SMILES string of the molecule is COc1ccc(CN(Cc2ccc(OC)cc2)S(=O)(=O)c2ccc3c(c2)N(C[C@@H]2CC[C@H]2CBr)Cc2ccc(Cl)cc2CCCCO3)cc1. The van der Waals surface area contributed by atoms with Gasteiger partial charge in [-0.05, 0) is 121 Å². The van der Waals surface area contributed by atoms with E-state index in [9.17, 15) is 8.42 Å². The maximum atomic E-state index is 14.7. The molecule has 0 saturated heterocycles. The quantitative estimate of drug-likeness (QED) is 0.142. The van der Waals surface area contributed by atoms with Crippen molar-refractivity contribution in [3.8, 4) is 17.2 Å². The van der Waals surface area contributed by atoms with Gasteiger partial charge in [0.25, 0.3) is 0 Å². The molecule has 0 aromatic heterocycles. The van der Waals surface area contributed by atoms with Gasteiger partial charge in [-0.2, -0.15) is 4.31 Å². The molecule has 0 unspecified atom stereocenters. The number of fused-ring (bicyclic) bond motifs is 2. The van der Waals surface area contributed by atoms with E-state index < -0.39 is 10.0 Å². The number of halogens is 2. The summed E-state index contributed by atoms with van der Waals surface area (Å²) in [6, 6.07) is 26.6. The van der Waals surface area contributed by atoms with E-state index in [0.717, 1.165) is 70.9 Å². The lowest BCUT2D eigenvalue weighted by atomic mass is 9.74. The third-order valence-corrected chi connectivity index (χ3v) is 12.7. The van der Waals surface area contributed by atoms with Gasteiger partial charge in [0, 0.05) is 36.5 Å². The highest BCUT2D eigenvalue weighted by Gasteiger charge is 2.33. The molecule has 4 aromatic carbocycles. The maximum Gasteiger partial charge on any atom is 0.243 e. The second-order valence-electron chi connectivity index (χ2n) is 12.9. The molecule has 0 N–H and O–H groups in total. The lowest BCUT2D eigenvalue weighted by Crippen LogP contribution is -2.39. The largest absolute Gasteiger partial charge is 0.497 e. The molecule has 2 aliphatic rings. The number of rotatable bonds is 11. The fourth-order valence-electron chi connectivity index (χ4n) is 6.67. The van der Waals surface area contributed by atoms with Crippen molar-refractivity contribution in [2.24, 2.45) is 11.8 Å². The number of aryl methyl sites for hydroxylation is 1. The average Bonchev–Trinajstić information content (AvgIpc) is 3.13. The van der Waals surface area contributed by atoms with Gasteiger partial charge in [-0.15, -0.1) is 0 Å². The molecule has 260 valence electrons. The topological polar surface area (TPSA) is 68.3 Å². The van der Waals surface area contributed by atoms with Crippen LogP contribution in [0, 0.1) is 11.8 Å². The molecule has 1 fully saturated rings. The van der Waals surface area contributed by atoms with E-state index in [2.05, 4.69) is 33.0 Å². The highest BCUT2D eigenvalue weighted by molar-refractivity contribution is 9.09. The monoisotopic (exact) mass is 766 g/mol. The maximum absolute atomic E-state index is 14.7. The van der Waals surface area contributed by atoms with Crippen molar-refractivity contribution < 1.29 is 22.6 Å². The molecule has 0 radical (unpaired) electrons. The smallest absolute Gasteiger partial charge is 0.243 e. The first-order chi connectivity index (χ1) is 23.8. The highest BCUT2D eigenvalue weighted by atomic mass is 79.9. The van der Waals surface area contributed by atoms with Crippen LogP contribution in [-0.4, -0.2) is 45.4 Å². The van der Waals surface area contributed by atoms with Crippen LogP contribution in [0.2, 0.25) is 5.02 Å². The number of ether oxygens (including phenoxy) is 3. The summed E-state index contributed by atoms with van der Waals surface area (Å²) in [6.07, 6.45) is 5.12. The van der Waals surface area contributed by atoms with Crippen molar-refractivity contribution in [1.29, 1.82) is 0 Å². The van der Waals surface area contributed by atoms with E-state index in [1.165, 1.54) is 17.5 Å². The molecule has 0 spiro atoms. The Morgan fingerprint density at radius 1 is 0.837 bits per heavy atom. The molecule has 0 bridgehead atoms. The van der Waals surface area contributed by atoms with Crippen LogP contribution in [0.5, 0.6) is 17.2 Å². The van der Waals surface area contributed by atoms with Gasteiger partial charge < -0.3 is 19.1 Å². The lowest BCUT2D eigenvalue weighted by molar-refractivity contribution is 0.206. The lowest BCUT2D eigenvalue weighted by Gasteiger charge is -2.40. The Labute approximate surface area is 304 Å². The van der Waals surface area contributed by atoms with Crippen molar-refractivity contribution in [2.75, 3.05) is 37.6 Å². The number of methoxy groups -OCH3 is 2. The Hall–Kier alpha value is -3.24. The summed E-state index contributed by atoms with van der Waals surface area (Å²) in [7, 11) is -0.732. The van der Waals surface area contributed by atoms with Crippen LogP contribution < -0.4 is 19.1 Å². The Morgan fingerprint density at radius 3 is 2.08 bits per heavy atom. The van der Waals surface area contributed by atoms with Gasteiger partial charge in [0.15, 0.2) is 0 Å². The Morgan fingerprint density at radius 2 is 1.49 bits per heavy atom. The number of sulfonamides is 1. The average molecular weight is 768 g/mol. The first kappa shape index (κ1) is 35.6. The standard InChI is InChI=1S/C39H44BrClN2O5S/c1-46-35-14-6-28(7-15-35)24-43(25-29-8-16-36(47-2)17-9-29)49(44,45)37-18-19-39-38(22-37)42(27-33-11-10-31(33)23-40)26-32-12-13-34(41)21-30(32)5-3-4-20-48-39/h6-9,12-19,21-22,31,33H,3-5,10-11,20,23-27H2,1-2H3/t31-,33-/m0/s1. The third-order valence-electron chi connectivity index (χ3n) is 9.80. The summed E-state index contributed by atoms with van der Waals surface area (Å²) < 4.78 is 48.1. The number of anilines is 1. The summed E-state index contributed by atoms with van der Waals surface area (Å²) in [6.45, 7) is 2.38. The van der Waals surface area contributed by atoms with Gasteiger partial charge in [0.05, 0.1) is 31.4 Å². The third kappa shape index (κ3) is 8.56. The van der Waals surface area contributed by atoms with Crippen LogP contribution in [0.1, 0.15) is 47.9 Å². The second kappa shape index (κ2) is 16.2. The Balaban J connectivity index is 1.40. The summed E-state index contributed by atoms with van der Waals surface area (Å²) >= 11 is 10.2. The highest BCUT2D eigenvalue weighted by Crippen LogP contribution is 2.41. The molecule has 1 aliphatic heterocycles. The van der Waals surface area contributed by atoms with Gasteiger partial charge >= 0.3 is 0 Å². The zero-order valence-corrected chi connectivity index (χ0v) is 31.3. The number of hydrogen-bond donors (Lipinski definition) is 0. The summed E-state index contributed by atoms with van der Waals surface area (Å²) in [5.41, 5.74) is 4.97. The molecule has 6 rings (SSSR count). The van der Waals surface area contributed by atoms with E-state index in [1.54, 1.807) is 24.6 Å². The Kier molecular flexibility index (Phi) is 11.8. The minimum absolute atomic E-state index is 0.193. The van der Waals surface area contributed by atoms with E-state index in [-0.39, 0.29) is 18.0 Å². The number of hydrogen-bond acceptors (Lipinski definition) is 6. The predicted octanol–water partition coefficient (Wildman–Crippen LogP) is 8.89. The fourth-order valence-corrected chi connectivity index (χ4v) is 9.15. The van der Waals surface area contributed by atoms with Crippen molar-refractivity contribution in [3.63, 3.8) is 0 Å². The summed E-state index contributed by atoms with van der Waals surface area (Å²) in [4.78, 5) is 2.57. The normalized spacial score (nSPS) is 18.0. The van der Waals surface area contributed by atoms with Gasteiger partial charge in [-0.1, -0.05) is 57.9 Å². The van der Waals surface area contributed by atoms with E-state index in [1.807, 2.05) is 66.7 Å². The molecule has 4 aromatic rings. The molecule has 0 amide bonds.